The van der Waals surface area contributed by atoms with Crippen LogP contribution in [0.5, 0.6) is 0 Å². The Bertz CT molecular complexity index is 396. The third kappa shape index (κ3) is 2.72. The predicted octanol–water partition coefficient (Wildman–Crippen LogP) is 3.39. The number of benzene rings is 1. The van der Waals surface area contributed by atoms with Gasteiger partial charge in [-0.15, -0.1) is 0 Å². The first kappa shape index (κ1) is 13.0. The molecule has 0 heterocycles. The zero-order valence-corrected chi connectivity index (χ0v) is 10.1. The molecule has 0 aliphatic heterocycles. The lowest BCUT2D eigenvalue weighted by molar-refractivity contribution is 0.262. The summed E-state index contributed by atoms with van der Waals surface area (Å²) in [6, 6.07) is 5.93. The quantitative estimate of drug-likeness (QED) is 0.807. The maximum Gasteiger partial charge on any atom is 0.125 e. The molecule has 0 bridgehead atoms. The second-order valence-electron chi connectivity index (χ2n) is 3.42. The number of hydrogen-bond donors (Lipinski definition) is 0. The average molecular weight is 241 g/mol. The summed E-state index contributed by atoms with van der Waals surface area (Å²) in [6.45, 7) is 5.46. The van der Waals surface area contributed by atoms with Crippen LogP contribution in [0.2, 0.25) is 5.02 Å². The number of halogens is 2. The van der Waals surface area contributed by atoms with E-state index in [2.05, 4.69) is 6.07 Å². The largest absolute Gasteiger partial charge is 0.285 e. The van der Waals surface area contributed by atoms with Crippen LogP contribution in [0.3, 0.4) is 0 Å². The average Bonchev–Trinajstić information content (AvgIpc) is 2.27. The van der Waals surface area contributed by atoms with Gasteiger partial charge >= 0.3 is 0 Å². The molecule has 0 N–H and O–H groups in total. The normalized spacial score (nSPS) is 12.5. The molecule has 0 spiro atoms. The molecule has 0 fully saturated rings. The molecule has 0 saturated carbocycles. The molecule has 86 valence electrons. The van der Waals surface area contributed by atoms with Crippen LogP contribution in [-0.4, -0.2) is 18.0 Å². The van der Waals surface area contributed by atoms with Crippen molar-refractivity contribution in [1.29, 1.82) is 5.26 Å². The van der Waals surface area contributed by atoms with Gasteiger partial charge in [0.25, 0.3) is 0 Å². The summed E-state index contributed by atoms with van der Waals surface area (Å²) in [7, 11) is 0. The Labute approximate surface area is 100 Å². The van der Waals surface area contributed by atoms with Gasteiger partial charge in [-0.25, -0.2) is 4.39 Å². The van der Waals surface area contributed by atoms with Gasteiger partial charge in [-0.05, 0) is 25.2 Å². The molecule has 0 amide bonds. The van der Waals surface area contributed by atoms with Crippen LogP contribution >= 0.6 is 11.6 Å². The van der Waals surface area contributed by atoms with Gasteiger partial charge in [0.1, 0.15) is 11.9 Å². The first-order chi connectivity index (χ1) is 7.63. The van der Waals surface area contributed by atoms with Gasteiger partial charge in [-0.3, -0.25) is 4.90 Å². The molecule has 1 unspecified atom stereocenters. The molecule has 1 aromatic carbocycles. The second kappa shape index (κ2) is 5.83. The molecule has 0 aliphatic rings. The van der Waals surface area contributed by atoms with Crippen LogP contribution in [-0.2, 0) is 0 Å². The zero-order chi connectivity index (χ0) is 12.1. The van der Waals surface area contributed by atoms with Crippen molar-refractivity contribution >= 4 is 11.6 Å². The van der Waals surface area contributed by atoms with Gasteiger partial charge in [-0.1, -0.05) is 31.5 Å². The molecule has 1 atom stereocenters. The Morgan fingerprint density at radius 2 is 2.06 bits per heavy atom. The molecule has 16 heavy (non-hydrogen) atoms. The van der Waals surface area contributed by atoms with Crippen LogP contribution < -0.4 is 0 Å². The van der Waals surface area contributed by atoms with Crippen molar-refractivity contribution in [3.63, 3.8) is 0 Å². The smallest absolute Gasteiger partial charge is 0.125 e. The van der Waals surface area contributed by atoms with Crippen molar-refractivity contribution in [2.45, 2.75) is 19.9 Å². The summed E-state index contributed by atoms with van der Waals surface area (Å²) >= 11 is 5.94. The third-order valence-corrected chi connectivity index (χ3v) is 2.88. The number of nitrogens with zero attached hydrogens (tertiary/aromatic N) is 2. The highest BCUT2D eigenvalue weighted by molar-refractivity contribution is 6.31. The zero-order valence-electron chi connectivity index (χ0n) is 9.37. The van der Waals surface area contributed by atoms with E-state index in [1.54, 1.807) is 6.07 Å². The summed E-state index contributed by atoms with van der Waals surface area (Å²) in [6.07, 6.45) is 0. The highest BCUT2D eigenvalue weighted by atomic mass is 35.5. The van der Waals surface area contributed by atoms with Crippen molar-refractivity contribution in [3.05, 3.63) is 34.6 Å². The van der Waals surface area contributed by atoms with Gasteiger partial charge in [0, 0.05) is 10.6 Å². The maximum atomic E-state index is 12.9. The number of rotatable bonds is 4. The van der Waals surface area contributed by atoms with Gasteiger partial charge in [0.15, 0.2) is 0 Å². The van der Waals surface area contributed by atoms with E-state index < -0.39 is 6.04 Å². The Hall–Kier alpha value is -1.11. The standard InChI is InChI=1S/C12H14ClFN2/c1-3-16(4-2)12(8-15)10-6-5-9(14)7-11(10)13/h5-7,12H,3-4H2,1-2H3. The lowest BCUT2D eigenvalue weighted by Crippen LogP contribution is -2.27. The highest BCUT2D eigenvalue weighted by Crippen LogP contribution is 2.27. The van der Waals surface area contributed by atoms with E-state index in [0.717, 1.165) is 13.1 Å². The van der Waals surface area contributed by atoms with E-state index in [1.807, 2.05) is 18.7 Å². The van der Waals surface area contributed by atoms with Gasteiger partial charge in [-0.2, -0.15) is 5.26 Å². The molecule has 0 aromatic heterocycles. The Balaban J connectivity index is 3.09. The van der Waals surface area contributed by atoms with Crippen molar-refractivity contribution in [2.24, 2.45) is 0 Å². The van der Waals surface area contributed by atoms with E-state index >= 15 is 0 Å². The van der Waals surface area contributed by atoms with Crippen LogP contribution in [0.1, 0.15) is 25.5 Å². The fourth-order valence-corrected chi connectivity index (χ4v) is 1.93. The first-order valence-corrected chi connectivity index (χ1v) is 5.60. The lowest BCUT2D eigenvalue weighted by atomic mass is 10.1. The van der Waals surface area contributed by atoms with Crippen molar-refractivity contribution in [2.75, 3.05) is 13.1 Å². The molecule has 0 saturated heterocycles. The van der Waals surface area contributed by atoms with Crippen molar-refractivity contribution < 1.29 is 4.39 Å². The summed E-state index contributed by atoms with van der Waals surface area (Å²) < 4.78 is 12.9. The maximum absolute atomic E-state index is 12.9. The SMILES string of the molecule is CCN(CC)C(C#N)c1ccc(F)cc1Cl. The first-order valence-electron chi connectivity index (χ1n) is 5.22. The minimum Gasteiger partial charge on any atom is -0.285 e. The fourth-order valence-electron chi connectivity index (χ4n) is 1.66. The summed E-state index contributed by atoms with van der Waals surface area (Å²) in [5, 5.41) is 9.47. The minimum absolute atomic E-state index is 0.304. The molecule has 2 nitrogen and oxygen atoms in total. The minimum atomic E-state index is -0.414. The molecular formula is C12H14ClFN2. The van der Waals surface area contributed by atoms with Crippen LogP contribution in [0.4, 0.5) is 4.39 Å². The Morgan fingerprint density at radius 1 is 1.44 bits per heavy atom. The molecule has 0 aliphatic carbocycles. The Morgan fingerprint density at radius 3 is 2.50 bits per heavy atom. The Kier molecular flexibility index (Phi) is 4.72. The third-order valence-electron chi connectivity index (χ3n) is 2.56. The van der Waals surface area contributed by atoms with Gasteiger partial charge in [0.05, 0.1) is 6.07 Å². The van der Waals surface area contributed by atoms with E-state index in [9.17, 15) is 4.39 Å². The van der Waals surface area contributed by atoms with E-state index in [1.165, 1.54) is 12.1 Å². The molecule has 1 rings (SSSR count). The molecular weight excluding hydrogens is 227 g/mol. The second-order valence-corrected chi connectivity index (χ2v) is 3.83. The number of hydrogen-bond acceptors (Lipinski definition) is 2. The highest BCUT2D eigenvalue weighted by Gasteiger charge is 2.19. The van der Waals surface area contributed by atoms with Crippen molar-refractivity contribution in [1.82, 2.24) is 4.90 Å². The topological polar surface area (TPSA) is 27.0 Å². The number of nitriles is 1. The van der Waals surface area contributed by atoms with Gasteiger partial charge in [0.2, 0.25) is 0 Å². The molecule has 0 radical (unpaired) electrons. The molecule has 1 aromatic rings. The van der Waals surface area contributed by atoms with E-state index in [4.69, 9.17) is 16.9 Å². The summed E-state index contributed by atoms with van der Waals surface area (Å²) in [4.78, 5) is 1.97. The lowest BCUT2D eigenvalue weighted by Gasteiger charge is -2.24. The van der Waals surface area contributed by atoms with Crippen molar-refractivity contribution in [3.8, 4) is 6.07 Å². The molecule has 4 heteroatoms. The van der Waals surface area contributed by atoms with Crippen LogP contribution in [0.25, 0.3) is 0 Å². The fraction of sp³-hybridized carbons (Fsp3) is 0.417. The van der Waals surface area contributed by atoms with Crippen LogP contribution in [0, 0.1) is 17.1 Å². The van der Waals surface area contributed by atoms with Gasteiger partial charge < -0.3 is 0 Å². The van der Waals surface area contributed by atoms with Crippen LogP contribution in [0.15, 0.2) is 18.2 Å². The summed E-state index contributed by atoms with van der Waals surface area (Å²) in [5.41, 5.74) is 0.661. The monoisotopic (exact) mass is 240 g/mol. The van der Waals surface area contributed by atoms with E-state index in [-0.39, 0.29) is 5.82 Å². The van der Waals surface area contributed by atoms with E-state index in [0.29, 0.717) is 10.6 Å². The summed E-state index contributed by atoms with van der Waals surface area (Å²) in [5.74, 6) is -0.384. The predicted molar refractivity (Wildman–Crippen MR) is 62.7 cm³/mol.